The van der Waals surface area contributed by atoms with Crippen molar-refractivity contribution in [2.24, 2.45) is 0 Å². The van der Waals surface area contributed by atoms with E-state index in [2.05, 4.69) is 86.8 Å². The molecule has 0 saturated carbocycles. The molecule has 0 aliphatic rings. The summed E-state index contributed by atoms with van der Waals surface area (Å²) in [5, 5.41) is 11.8. The lowest BCUT2D eigenvalue weighted by molar-refractivity contribution is -0.870. The minimum Gasteiger partial charge on any atom is -0.545 e. The molecule has 0 amide bonds. The predicted octanol–water partition coefficient (Wildman–Crippen LogP) is 21.9. The average molecular weight is 1220 g/mol. The van der Waals surface area contributed by atoms with Crippen molar-refractivity contribution in [3.63, 3.8) is 0 Å². The Hall–Kier alpha value is -3.27. The van der Waals surface area contributed by atoms with Crippen molar-refractivity contribution in [1.29, 1.82) is 0 Å². The van der Waals surface area contributed by atoms with Crippen LogP contribution in [0.2, 0.25) is 0 Å². The summed E-state index contributed by atoms with van der Waals surface area (Å²) in [6.07, 6.45) is 88.6. The minimum absolute atomic E-state index is 0.149. The predicted molar refractivity (Wildman–Crippen MR) is 371 cm³/mol. The molecule has 0 radical (unpaired) electrons. The molecule has 0 aromatic rings. The standard InChI is InChI=1S/C78H141NO8/c1-6-8-10-12-14-16-18-20-22-24-26-28-30-31-32-33-34-35-36-37-38-39-40-41-42-43-44-45-47-49-51-53-55-57-59-61-63-65-67-69-76(81)87-74(73-86-78(77(82)83)84-71-70-79(3,4)5)72-85-75(80)68-66-64-62-60-58-56-54-52-50-48-46-29-27-25-23-21-19-17-15-13-11-9-7-2/h8,10,14,16,20,22,25-28,31-32,74,78H,6-7,9,11-13,15,17-19,21,23-24,29-30,33-73H2,1-5H3/b10-8-,16-14-,22-20-,27-25-,28-26-,32-31-. The van der Waals surface area contributed by atoms with Gasteiger partial charge in [-0.05, 0) is 83.5 Å². The Morgan fingerprint density at radius 3 is 0.989 bits per heavy atom. The summed E-state index contributed by atoms with van der Waals surface area (Å²) in [6.45, 7) is 4.69. The molecule has 9 nitrogen and oxygen atoms in total. The Kier molecular flexibility index (Phi) is 66.1. The zero-order valence-corrected chi connectivity index (χ0v) is 57.9. The van der Waals surface area contributed by atoms with E-state index in [0.717, 1.165) is 64.2 Å². The molecule has 2 unspecified atom stereocenters. The summed E-state index contributed by atoms with van der Waals surface area (Å²) in [4.78, 5) is 37.5. The second kappa shape index (κ2) is 68.6. The molecular formula is C78H141NO8. The number of unbranched alkanes of at least 4 members (excludes halogenated alkanes) is 42. The minimum atomic E-state index is -1.62. The molecule has 0 aromatic heterocycles. The number of aliphatic carboxylic acids is 1. The summed E-state index contributed by atoms with van der Waals surface area (Å²) in [5.74, 6) is -2.26. The summed E-state index contributed by atoms with van der Waals surface area (Å²) in [6, 6.07) is 0. The average Bonchev–Trinajstić information content (AvgIpc) is 3.55. The van der Waals surface area contributed by atoms with Gasteiger partial charge in [-0.3, -0.25) is 9.59 Å². The smallest absolute Gasteiger partial charge is 0.306 e. The first kappa shape index (κ1) is 83.7. The molecule has 2 atom stereocenters. The van der Waals surface area contributed by atoms with Crippen LogP contribution in [0.3, 0.4) is 0 Å². The molecule has 0 spiro atoms. The van der Waals surface area contributed by atoms with Crippen LogP contribution in [-0.2, 0) is 33.3 Å². The van der Waals surface area contributed by atoms with Crippen LogP contribution >= 0.6 is 0 Å². The first-order valence-corrected chi connectivity index (χ1v) is 37.1. The third-order valence-corrected chi connectivity index (χ3v) is 16.4. The highest BCUT2D eigenvalue weighted by molar-refractivity contribution is 5.70. The van der Waals surface area contributed by atoms with Crippen LogP contribution in [0.4, 0.5) is 0 Å². The first-order chi connectivity index (χ1) is 42.6. The van der Waals surface area contributed by atoms with E-state index in [1.54, 1.807) is 0 Å². The molecule has 0 aliphatic heterocycles. The zero-order chi connectivity index (χ0) is 63.3. The van der Waals surface area contributed by atoms with Gasteiger partial charge >= 0.3 is 11.9 Å². The van der Waals surface area contributed by atoms with Crippen molar-refractivity contribution in [3.8, 4) is 0 Å². The van der Waals surface area contributed by atoms with E-state index >= 15 is 0 Å². The molecule has 0 fully saturated rings. The Balaban J connectivity index is 4.00. The van der Waals surface area contributed by atoms with Crippen molar-refractivity contribution < 1.29 is 42.9 Å². The highest BCUT2D eigenvalue weighted by Crippen LogP contribution is 2.18. The van der Waals surface area contributed by atoms with E-state index in [-0.39, 0.29) is 32.2 Å². The number of carbonyl (C=O) groups excluding carboxylic acids is 3. The van der Waals surface area contributed by atoms with E-state index in [1.165, 1.54) is 250 Å². The van der Waals surface area contributed by atoms with E-state index in [0.29, 0.717) is 23.9 Å². The van der Waals surface area contributed by atoms with Gasteiger partial charge in [0.05, 0.1) is 40.3 Å². The van der Waals surface area contributed by atoms with E-state index in [1.807, 2.05) is 21.1 Å². The molecule has 87 heavy (non-hydrogen) atoms. The molecule has 0 aromatic carbocycles. The van der Waals surface area contributed by atoms with Crippen molar-refractivity contribution in [2.45, 2.75) is 360 Å². The van der Waals surface area contributed by atoms with Gasteiger partial charge in [0, 0.05) is 12.8 Å². The quantitative estimate of drug-likeness (QED) is 0.0195. The fraction of sp³-hybridized carbons (Fsp3) is 0.808. The second-order valence-corrected chi connectivity index (χ2v) is 26.2. The number of carboxylic acid groups (broad SMARTS) is 1. The summed E-state index contributed by atoms with van der Waals surface area (Å²) in [5.41, 5.74) is 0. The fourth-order valence-electron chi connectivity index (χ4n) is 10.8. The molecule has 0 N–H and O–H groups in total. The van der Waals surface area contributed by atoms with Gasteiger partial charge in [0.2, 0.25) is 0 Å². The van der Waals surface area contributed by atoms with Gasteiger partial charge in [-0.1, -0.05) is 324 Å². The van der Waals surface area contributed by atoms with Gasteiger partial charge in [-0.25, -0.2) is 0 Å². The van der Waals surface area contributed by atoms with Crippen LogP contribution in [0.15, 0.2) is 72.9 Å². The number of carbonyl (C=O) groups is 3. The van der Waals surface area contributed by atoms with Gasteiger partial charge in [0.1, 0.15) is 13.2 Å². The maximum atomic E-state index is 12.9. The topological polar surface area (TPSA) is 111 Å². The maximum Gasteiger partial charge on any atom is 0.306 e. The van der Waals surface area contributed by atoms with Gasteiger partial charge in [-0.15, -0.1) is 0 Å². The lowest BCUT2D eigenvalue weighted by Gasteiger charge is -2.26. The van der Waals surface area contributed by atoms with Crippen LogP contribution < -0.4 is 5.11 Å². The van der Waals surface area contributed by atoms with Crippen LogP contribution in [0.25, 0.3) is 0 Å². The second-order valence-electron chi connectivity index (χ2n) is 26.2. The largest absolute Gasteiger partial charge is 0.545 e. The van der Waals surface area contributed by atoms with Gasteiger partial charge in [0.15, 0.2) is 12.4 Å². The van der Waals surface area contributed by atoms with Crippen LogP contribution in [0, 0.1) is 0 Å². The van der Waals surface area contributed by atoms with Crippen LogP contribution in [0.1, 0.15) is 348 Å². The van der Waals surface area contributed by atoms with Crippen molar-refractivity contribution in [2.75, 3.05) is 47.5 Å². The number of likely N-dealkylation sites (N-methyl/N-ethyl adjacent to an activating group) is 1. The number of nitrogens with zero attached hydrogens (tertiary/aromatic N) is 1. The molecule has 0 rings (SSSR count). The molecule has 506 valence electrons. The zero-order valence-electron chi connectivity index (χ0n) is 57.9. The molecule has 0 bridgehead atoms. The number of hydrogen-bond acceptors (Lipinski definition) is 8. The number of ether oxygens (including phenoxy) is 4. The molecule has 0 aliphatic carbocycles. The molecular weight excluding hydrogens is 1080 g/mol. The first-order valence-electron chi connectivity index (χ1n) is 37.1. The van der Waals surface area contributed by atoms with Gasteiger partial charge in [-0.2, -0.15) is 0 Å². The Morgan fingerprint density at radius 2 is 0.655 bits per heavy atom. The van der Waals surface area contributed by atoms with E-state index < -0.39 is 24.3 Å². The van der Waals surface area contributed by atoms with Gasteiger partial charge in [0.25, 0.3) is 0 Å². The number of allylic oxidation sites excluding steroid dienone is 12. The Labute approximate surface area is 538 Å². The highest BCUT2D eigenvalue weighted by atomic mass is 16.7. The number of carboxylic acids is 1. The number of hydrogen-bond donors (Lipinski definition) is 0. The lowest BCUT2D eigenvalue weighted by Crippen LogP contribution is -2.44. The summed E-state index contributed by atoms with van der Waals surface area (Å²) in [7, 11) is 5.94. The number of rotatable bonds is 69. The Morgan fingerprint density at radius 1 is 0.356 bits per heavy atom. The molecule has 0 heterocycles. The molecule has 0 saturated heterocycles. The van der Waals surface area contributed by atoms with E-state index in [9.17, 15) is 19.5 Å². The van der Waals surface area contributed by atoms with Crippen molar-refractivity contribution in [3.05, 3.63) is 72.9 Å². The number of esters is 2. The van der Waals surface area contributed by atoms with Crippen LogP contribution in [-0.4, -0.2) is 82.3 Å². The van der Waals surface area contributed by atoms with Gasteiger partial charge < -0.3 is 33.3 Å². The lowest BCUT2D eigenvalue weighted by atomic mass is 10.0. The summed E-state index contributed by atoms with van der Waals surface area (Å²) < 4.78 is 22.8. The fourth-order valence-corrected chi connectivity index (χ4v) is 10.8. The monoisotopic (exact) mass is 1220 g/mol. The summed E-state index contributed by atoms with van der Waals surface area (Å²) >= 11 is 0. The molecule has 9 heteroatoms. The third-order valence-electron chi connectivity index (χ3n) is 16.4. The van der Waals surface area contributed by atoms with Crippen molar-refractivity contribution >= 4 is 17.9 Å². The van der Waals surface area contributed by atoms with E-state index in [4.69, 9.17) is 18.9 Å². The maximum absolute atomic E-state index is 12.9. The van der Waals surface area contributed by atoms with Crippen LogP contribution in [0.5, 0.6) is 0 Å². The highest BCUT2D eigenvalue weighted by Gasteiger charge is 2.22. The van der Waals surface area contributed by atoms with Crippen molar-refractivity contribution in [1.82, 2.24) is 0 Å². The third kappa shape index (κ3) is 70.1. The SMILES string of the molecule is CC/C=C\C/C=C\C/C=C\C/C=C\C/C=C\CCCCCCCCCCCCCCCCCCCCCCCCCC(=O)OC(COC(=O)CCCCCCCCCCCCC/C=C\CCCCCCCCCC)COC(OCC[N+](C)(C)C)C(=O)[O-]. The normalized spacial score (nSPS) is 13.1. The Bertz CT molecular complexity index is 1660. The number of quaternary nitrogens is 1.